The Kier molecular flexibility index (Phi) is 4.04. The lowest BCUT2D eigenvalue weighted by atomic mass is 10.0. The Bertz CT molecular complexity index is 579. The number of carbonyl (C=O) groups is 2. The van der Waals surface area contributed by atoms with Gasteiger partial charge in [-0.3, -0.25) is 9.59 Å². The molecular formula is C12H14N5O3+. The van der Waals surface area contributed by atoms with E-state index in [9.17, 15) is 14.5 Å². The molecule has 0 bridgehead atoms. The van der Waals surface area contributed by atoms with Crippen LogP contribution in [0.15, 0.2) is 29.4 Å². The summed E-state index contributed by atoms with van der Waals surface area (Å²) < 4.78 is 0. The van der Waals surface area contributed by atoms with Gasteiger partial charge in [0.2, 0.25) is 5.91 Å². The van der Waals surface area contributed by atoms with Crippen molar-refractivity contribution in [2.45, 2.75) is 6.42 Å². The monoisotopic (exact) mass is 276 g/mol. The molecule has 1 aliphatic rings. The van der Waals surface area contributed by atoms with Crippen molar-refractivity contribution in [3.63, 3.8) is 0 Å². The second kappa shape index (κ2) is 5.91. The Morgan fingerprint density at radius 3 is 2.60 bits per heavy atom. The summed E-state index contributed by atoms with van der Waals surface area (Å²) in [5.74, 6) is -0.968. The Morgan fingerprint density at radius 2 is 2.05 bits per heavy atom. The first kappa shape index (κ1) is 13.7. The van der Waals surface area contributed by atoms with Crippen LogP contribution in [0.5, 0.6) is 0 Å². The fourth-order valence-corrected chi connectivity index (χ4v) is 1.72. The summed E-state index contributed by atoms with van der Waals surface area (Å²) in [5.41, 5.74) is 9.28. The number of rotatable bonds is 4. The molecule has 8 nitrogen and oxygen atoms in total. The van der Waals surface area contributed by atoms with E-state index in [-0.39, 0.29) is 12.5 Å². The number of primary amides is 1. The molecule has 0 fully saturated rings. The normalized spacial score (nSPS) is 14.2. The van der Waals surface area contributed by atoms with Crippen molar-refractivity contribution in [1.82, 2.24) is 10.9 Å². The van der Waals surface area contributed by atoms with Gasteiger partial charge in [0.25, 0.3) is 5.91 Å². The predicted molar refractivity (Wildman–Crippen MR) is 70.8 cm³/mol. The second-order valence-electron chi connectivity index (χ2n) is 4.24. The molecule has 0 unspecified atom stereocenters. The Balaban J connectivity index is 2.04. The van der Waals surface area contributed by atoms with E-state index in [0.717, 1.165) is 11.3 Å². The molecule has 20 heavy (non-hydrogen) atoms. The van der Waals surface area contributed by atoms with E-state index in [1.807, 2.05) is 0 Å². The number of hydrazine groups is 1. The first-order valence-electron chi connectivity index (χ1n) is 6.00. The van der Waals surface area contributed by atoms with Crippen molar-refractivity contribution in [2.75, 3.05) is 13.1 Å². The van der Waals surface area contributed by atoms with E-state index in [1.54, 1.807) is 24.3 Å². The summed E-state index contributed by atoms with van der Waals surface area (Å²) in [7, 11) is 0. The van der Waals surface area contributed by atoms with Crippen LogP contribution in [0.4, 0.5) is 0 Å². The quantitative estimate of drug-likeness (QED) is 0.630. The Hall–Kier alpha value is -2.77. The highest BCUT2D eigenvalue weighted by molar-refractivity contribution is 6.02. The number of hydrogen-bond acceptors (Lipinski definition) is 4. The Labute approximate surface area is 114 Å². The number of nitrogens with two attached hydrogens (primary N) is 1. The van der Waals surface area contributed by atoms with Crippen LogP contribution in [0.3, 0.4) is 0 Å². The average Bonchev–Trinajstić information content (AvgIpc) is 2.46. The maximum absolute atomic E-state index is 11.7. The van der Waals surface area contributed by atoms with Crippen molar-refractivity contribution in [3.8, 4) is 0 Å². The number of nitroso groups, excluding NO2 is 1. The zero-order valence-electron chi connectivity index (χ0n) is 10.6. The topological polar surface area (TPSA) is 117 Å². The number of amides is 2. The van der Waals surface area contributed by atoms with Gasteiger partial charge >= 0.3 is 0 Å². The van der Waals surface area contributed by atoms with Crippen LogP contribution in [0.2, 0.25) is 0 Å². The van der Waals surface area contributed by atoms with E-state index in [0.29, 0.717) is 23.4 Å². The maximum atomic E-state index is 11.7. The lowest BCUT2D eigenvalue weighted by Crippen LogP contribution is -2.33. The SMILES string of the molecule is NC(=O)CNC(=O)c1ccc(C2=NN[N+](=O)CC2)cc1. The maximum Gasteiger partial charge on any atom is 0.251 e. The lowest BCUT2D eigenvalue weighted by Gasteiger charge is -2.06. The van der Waals surface area contributed by atoms with Gasteiger partial charge in [0.1, 0.15) is 0 Å². The average molecular weight is 276 g/mol. The summed E-state index contributed by atoms with van der Waals surface area (Å²) in [6, 6.07) is 6.72. The van der Waals surface area contributed by atoms with Gasteiger partial charge in [0.15, 0.2) is 12.3 Å². The first-order chi connectivity index (χ1) is 9.56. The largest absolute Gasteiger partial charge is 0.368 e. The fourth-order valence-electron chi connectivity index (χ4n) is 1.72. The van der Waals surface area contributed by atoms with Gasteiger partial charge in [-0.25, -0.2) is 0 Å². The lowest BCUT2D eigenvalue weighted by molar-refractivity contribution is -0.609. The highest BCUT2D eigenvalue weighted by Crippen LogP contribution is 2.09. The predicted octanol–water partition coefficient (Wildman–Crippen LogP) is -0.707. The molecule has 4 N–H and O–H groups in total. The number of hydrogen-bond donors (Lipinski definition) is 3. The number of nitrogens with zero attached hydrogens (tertiary/aromatic N) is 2. The molecule has 1 heterocycles. The molecule has 1 aliphatic heterocycles. The highest BCUT2D eigenvalue weighted by Gasteiger charge is 2.19. The third kappa shape index (κ3) is 3.37. The van der Waals surface area contributed by atoms with E-state index < -0.39 is 5.91 Å². The smallest absolute Gasteiger partial charge is 0.251 e. The first-order valence-corrected chi connectivity index (χ1v) is 6.00. The van der Waals surface area contributed by atoms with Crippen LogP contribution >= 0.6 is 0 Å². The number of hydrazone groups is 1. The minimum Gasteiger partial charge on any atom is -0.368 e. The minimum atomic E-state index is -0.597. The van der Waals surface area contributed by atoms with Crippen molar-refractivity contribution >= 4 is 17.5 Å². The molecule has 2 rings (SSSR count). The number of nitrogens with one attached hydrogen (secondary N) is 2. The molecule has 1 aromatic carbocycles. The van der Waals surface area contributed by atoms with Crippen molar-refractivity contribution in [3.05, 3.63) is 40.3 Å². The van der Waals surface area contributed by atoms with E-state index >= 15 is 0 Å². The third-order valence-electron chi connectivity index (χ3n) is 2.75. The van der Waals surface area contributed by atoms with Gasteiger partial charge < -0.3 is 11.1 Å². The van der Waals surface area contributed by atoms with Crippen LogP contribution in [0.25, 0.3) is 0 Å². The molecule has 0 spiro atoms. The fraction of sp³-hybridized carbons (Fsp3) is 0.250. The molecule has 0 radical (unpaired) electrons. The number of carbonyl (C=O) groups excluding carboxylic acids is 2. The molecule has 0 atom stereocenters. The molecule has 0 saturated carbocycles. The van der Waals surface area contributed by atoms with Gasteiger partial charge in [0, 0.05) is 21.1 Å². The summed E-state index contributed by atoms with van der Waals surface area (Å²) in [6.45, 7) is 0.121. The van der Waals surface area contributed by atoms with Crippen LogP contribution in [0, 0.1) is 4.91 Å². The van der Waals surface area contributed by atoms with Gasteiger partial charge in [-0.1, -0.05) is 12.1 Å². The molecule has 0 saturated heterocycles. The molecule has 8 heteroatoms. The second-order valence-corrected chi connectivity index (χ2v) is 4.24. The van der Waals surface area contributed by atoms with Gasteiger partial charge in [0.05, 0.1) is 13.0 Å². The molecular weight excluding hydrogens is 262 g/mol. The zero-order valence-corrected chi connectivity index (χ0v) is 10.6. The Morgan fingerprint density at radius 1 is 1.35 bits per heavy atom. The van der Waals surface area contributed by atoms with Crippen LogP contribution in [-0.4, -0.2) is 35.5 Å². The molecule has 0 aliphatic carbocycles. The van der Waals surface area contributed by atoms with E-state index in [1.165, 1.54) is 0 Å². The summed E-state index contributed by atoms with van der Waals surface area (Å²) >= 11 is 0. The highest BCUT2D eigenvalue weighted by atomic mass is 16.3. The van der Waals surface area contributed by atoms with Gasteiger partial charge in [-0.05, 0) is 22.6 Å². The van der Waals surface area contributed by atoms with Crippen LogP contribution in [0.1, 0.15) is 22.3 Å². The van der Waals surface area contributed by atoms with Crippen molar-refractivity contribution in [1.29, 1.82) is 0 Å². The molecule has 2 amide bonds. The molecule has 104 valence electrons. The summed E-state index contributed by atoms with van der Waals surface area (Å²) in [6.07, 6.45) is 0.531. The molecule has 1 aromatic rings. The van der Waals surface area contributed by atoms with Crippen LogP contribution in [-0.2, 0) is 4.79 Å². The minimum absolute atomic E-state index is 0.198. The van der Waals surface area contributed by atoms with Gasteiger partial charge in [-0.2, -0.15) is 0 Å². The van der Waals surface area contributed by atoms with Gasteiger partial charge in [-0.15, -0.1) is 0 Å². The van der Waals surface area contributed by atoms with Crippen molar-refractivity contribution < 1.29 is 14.5 Å². The summed E-state index contributed by atoms with van der Waals surface area (Å²) in [4.78, 5) is 33.8. The zero-order chi connectivity index (χ0) is 14.5. The summed E-state index contributed by atoms with van der Waals surface area (Å²) in [5, 5.41) is 6.33. The molecule has 0 aromatic heterocycles. The van der Waals surface area contributed by atoms with E-state index in [4.69, 9.17) is 5.73 Å². The number of benzene rings is 1. The standard InChI is InChI=1S/C12H13N5O3/c13-11(18)7-14-12(19)9-3-1-8(2-4-9)10-5-6-17(20)16-15-10/h1-4H,5-7H2,(H3-,13,14,16,18,19,20)/p+1. The third-order valence-corrected chi connectivity index (χ3v) is 2.75. The van der Waals surface area contributed by atoms with Crippen LogP contribution < -0.4 is 16.6 Å². The van der Waals surface area contributed by atoms with Crippen molar-refractivity contribution in [2.24, 2.45) is 10.8 Å². The van der Waals surface area contributed by atoms with E-state index in [2.05, 4.69) is 16.0 Å².